The lowest BCUT2D eigenvalue weighted by Crippen LogP contribution is -2.29. The number of rotatable bonds is 8. The van der Waals surface area contributed by atoms with Gasteiger partial charge in [-0.2, -0.15) is 0 Å². The van der Waals surface area contributed by atoms with Gasteiger partial charge in [-0.15, -0.1) is 0 Å². The van der Waals surface area contributed by atoms with Gasteiger partial charge in [0, 0.05) is 11.4 Å². The molecule has 3 rings (SSSR count). The molecule has 0 saturated carbocycles. The van der Waals surface area contributed by atoms with E-state index in [0.717, 1.165) is 18.6 Å². The van der Waals surface area contributed by atoms with Crippen LogP contribution in [0.15, 0.2) is 47.4 Å². The zero-order valence-corrected chi connectivity index (χ0v) is 16.5. The molecule has 0 aromatic heterocycles. The second-order valence-electron chi connectivity index (χ2n) is 6.51. The van der Waals surface area contributed by atoms with Crippen LogP contribution in [0.5, 0.6) is 5.75 Å². The zero-order valence-electron chi connectivity index (χ0n) is 14.9. The SMILES string of the molecule is O=C(CCS(=O)(=O)c1ccc(Cl)cc1)NCCOc1ccc2c(c1)CCC2. The lowest BCUT2D eigenvalue weighted by atomic mass is 10.1. The predicted octanol–water partition coefficient (Wildman–Crippen LogP) is 3.19. The van der Waals surface area contributed by atoms with Crippen LogP contribution in [0.4, 0.5) is 0 Å². The number of nitrogens with one attached hydrogen (secondary N) is 1. The highest BCUT2D eigenvalue weighted by Gasteiger charge is 2.16. The van der Waals surface area contributed by atoms with Crippen molar-refractivity contribution in [3.05, 3.63) is 58.6 Å². The van der Waals surface area contributed by atoms with E-state index in [1.165, 1.54) is 41.8 Å². The van der Waals surface area contributed by atoms with Crippen molar-refractivity contribution in [2.45, 2.75) is 30.6 Å². The summed E-state index contributed by atoms with van der Waals surface area (Å²) in [6.07, 6.45) is 3.31. The van der Waals surface area contributed by atoms with Crippen LogP contribution in [-0.4, -0.2) is 33.2 Å². The summed E-state index contributed by atoms with van der Waals surface area (Å²) in [5.74, 6) is 0.242. The Labute approximate surface area is 164 Å². The topological polar surface area (TPSA) is 72.5 Å². The monoisotopic (exact) mass is 407 g/mol. The molecule has 7 heteroatoms. The molecular formula is C20H22ClNO4S. The molecule has 1 aliphatic carbocycles. The molecule has 1 aliphatic rings. The molecule has 0 bridgehead atoms. The molecule has 144 valence electrons. The van der Waals surface area contributed by atoms with Crippen LogP contribution in [-0.2, 0) is 27.5 Å². The number of hydrogen-bond acceptors (Lipinski definition) is 4. The van der Waals surface area contributed by atoms with Crippen LogP contribution in [0, 0.1) is 0 Å². The molecule has 1 N–H and O–H groups in total. The van der Waals surface area contributed by atoms with Crippen LogP contribution in [0.1, 0.15) is 24.0 Å². The Morgan fingerprint density at radius 3 is 2.59 bits per heavy atom. The summed E-state index contributed by atoms with van der Waals surface area (Å²) in [6.45, 7) is 0.672. The highest BCUT2D eigenvalue weighted by atomic mass is 35.5. The van der Waals surface area contributed by atoms with E-state index in [9.17, 15) is 13.2 Å². The molecule has 0 heterocycles. The Balaban J connectivity index is 1.39. The number of carbonyl (C=O) groups excluding carboxylic acids is 1. The minimum atomic E-state index is -3.50. The zero-order chi connectivity index (χ0) is 19.3. The fourth-order valence-corrected chi connectivity index (χ4v) is 4.44. The number of benzene rings is 2. The van der Waals surface area contributed by atoms with Gasteiger partial charge in [-0.1, -0.05) is 17.7 Å². The van der Waals surface area contributed by atoms with Gasteiger partial charge in [-0.25, -0.2) is 8.42 Å². The van der Waals surface area contributed by atoms with Crippen molar-refractivity contribution in [1.29, 1.82) is 0 Å². The summed E-state index contributed by atoms with van der Waals surface area (Å²) in [6, 6.07) is 12.0. The van der Waals surface area contributed by atoms with Crippen molar-refractivity contribution < 1.29 is 17.9 Å². The molecule has 1 amide bonds. The molecule has 2 aromatic rings. The Hall–Kier alpha value is -2.05. The second kappa shape index (κ2) is 8.76. The molecule has 27 heavy (non-hydrogen) atoms. The molecule has 0 fully saturated rings. The van der Waals surface area contributed by atoms with E-state index in [1.54, 1.807) is 0 Å². The second-order valence-corrected chi connectivity index (χ2v) is 9.05. The van der Waals surface area contributed by atoms with Crippen molar-refractivity contribution in [3.63, 3.8) is 0 Å². The summed E-state index contributed by atoms with van der Waals surface area (Å²) in [7, 11) is -3.50. The first kappa shape index (κ1) is 19.7. The number of ether oxygens (including phenoxy) is 1. The number of fused-ring (bicyclic) bond motifs is 1. The Bertz CT molecular complexity index is 910. The van der Waals surface area contributed by atoms with Crippen molar-refractivity contribution in [3.8, 4) is 5.75 Å². The number of carbonyl (C=O) groups is 1. The van der Waals surface area contributed by atoms with Gasteiger partial charge in [0.15, 0.2) is 9.84 Å². The maximum absolute atomic E-state index is 12.2. The van der Waals surface area contributed by atoms with E-state index in [-0.39, 0.29) is 23.0 Å². The van der Waals surface area contributed by atoms with E-state index >= 15 is 0 Å². The molecule has 0 atom stereocenters. The van der Waals surface area contributed by atoms with Crippen LogP contribution in [0.2, 0.25) is 5.02 Å². The fourth-order valence-electron chi connectivity index (χ4n) is 3.07. The highest BCUT2D eigenvalue weighted by molar-refractivity contribution is 7.91. The van der Waals surface area contributed by atoms with Crippen molar-refractivity contribution in [1.82, 2.24) is 5.32 Å². The van der Waals surface area contributed by atoms with Gasteiger partial charge in [0.1, 0.15) is 12.4 Å². The fraction of sp³-hybridized carbons (Fsp3) is 0.350. The van der Waals surface area contributed by atoms with E-state index < -0.39 is 9.84 Å². The first-order valence-electron chi connectivity index (χ1n) is 8.94. The molecule has 5 nitrogen and oxygen atoms in total. The van der Waals surface area contributed by atoms with Gasteiger partial charge >= 0.3 is 0 Å². The van der Waals surface area contributed by atoms with Gasteiger partial charge in [0.05, 0.1) is 17.2 Å². The quantitative estimate of drug-likeness (QED) is 0.682. The number of aryl methyl sites for hydroxylation is 2. The third-order valence-corrected chi connectivity index (χ3v) is 6.52. The molecule has 0 spiro atoms. The van der Waals surface area contributed by atoms with Crippen LogP contribution in [0.3, 0.4) is 0 Å². The first-order valence-corrected chi connectivity index (χ1v) is 11.0. The van der Waals surface area contributed by atoms with Crippen LogP contribution >= 0.6 is 11.6 Å². The van der Waals surface area contributed by atoms with E-state index in [4.69, 9.17) is 16.3 Å². The molecule has 2 aromatic carbocycles. The summed E-state index contributed by atoms with van der Waals surface area (Å²) in [5.41, 5.74) is 2.72. The van der Waals surface area contributed by atoms with Gasteiger partial charge < -0.3 is 10.1 Å². The Kier molecular flexibility index (Phi) is 6.39. The summed E-state index contributed by atoms with van der Waals surface area (Å²) in [4.78, 5) is 12.1. The van der Waals surface area contributed by atoms with E-state index in [2.05, 4.69) is 17.4 Å². The van der Waals surface area contributed by atoms with Gasteiger partial charge in [-0.3, -0.25) is 4.79 Å². The molecule has 0 unspecified atom stereocenters. The first-order chi connectivity index (χ1) is 12.9. The predicted molar refractivity (Wildman–Crippen MR) is 105 cm³/mol. The maximum atomic E-state index is 12.2. The third kappa shape index (κ3) is 5.47. The summed E-state index contributed by atoms with van der Waals surface area (Å²) in [5, 5.41) is 3.16. The summed E-state index contributed by atoms with van der Waals surface area (Å²) >= 11 is 5.76. The number of sulfone groups is 1. The van der Waals surface area contributed by atoms with E-state index in [0.29, 0.717) is 18.2 Å². The van der Waals surface area contributed by atoms with E-state index in [1.807, 2.05) is 6.07 Å². The average Bonchev–Trinajstić information content (AvgIpc) is 3.12. The molecule has 0 radical (unpaired) electrons. The normalized spacial score (nSPS) is 13.2. The van der Waals surface area contributed by atoms with Crippen molar-refractivity contribution in [2.75, 3.05) is 18.9 Å². The lowest BCUT2D eigenvalue weighted by molar-refractivity contribution is -0.120. The van der Waals surface area contributed by atoms with Gasteiger partial charge in [0.2, 0.25) is 5.91 Å². The Morgan fingerprint density at radius 2 is 1.81 bits per heavy atom. The number of amides is 1. The summed E-state index contributed by atoms with van der Waals surface area (Å²) < 4.78 is 30.1. The molecular weight excluding hydrogens is 386 g/mol. The largest absolute Gasteiger partial charge is 0.492 e. The number of halogens is 1. The minimum absolute atomic E-state index is 0.0934. The van der Waals surface area contributed by atoms with Crippen LogP contribution < -0.4 is 10.1 Å². The van der Waals surface area contributed by atoms with Gasteiger partial charge in [0.25, 0.3) is 0 Å². The average molecular weight is 408 g/mol. The van der Waals surface area contributed by atoms with Crippen molar-refractivity contribution in [2.24, 2.45) is 0 Å². The Morgan fingerprint density at radius 1 is 1.07 bits per heavy atom. The number of hydrogen-bond donors (Lipinski definition) is 1. The van der Waals surface area contributed by atoms with Gasteiger partial charge in [-0.05, 0) is 66.8 Å². The standard InChI is InChI=1S/C20H22ClNO4S/c21-17-5-8-19(9-6-17)27(24,25)13-10-20(23)22-11-12-26-18-7-4-15-2-1-3-16(15)14-18/h4-9,14H,1-3,10-13H2,(H,22,23). The highest BCUT2D eigenvalue weighted by Crippen LogP contribution is 2.25. The smallest absolute Gasteiger partial charge is 0.221 e. The maximum Gasteiger partial charge on any atom is 0.221 e. The van der Waals surface area contributed by atoms with Crippen molar-refractivity contribution >= 4 is 27.3 Å². The third-order valence-electron chi connectivity index (χ3n) is 4.53. The van der Waals surface area contributed by atoms with Crippen LogP contribution in [0.25, 0.3) is 0 Å². The molecule has 0 saturated heterocycles. The minimum Gasteiger partial charge on any atom is -0.492 e. The lowest BCUT2D eigenvalue weighted by Gasteiger charge is -2.09. The molecule has 0 aliphatic heterocycles.